The Balaban J connectivity index is 2.08. The maximum absolute atomic E-state index is 12.0. The van der Waals surface area contributed by atoms with E-state index in [-0.39, 0.29) is 0 Å². The monoisotopic (exact) mass is 314 g/mol. The van der Waals surface area contributed by atoms with Crippen LogP contribution in [0.1, 0.15) is 5.56 Å². The number of hydrogen-bond donors (Lipinski definition) is 2. The highest BCUT2D eigenvalue weighted by atomic mass is 16.5. The van der Waals surface area contributed by atoms with E-state index in [2.05, 4.69) is 10.6 Å². The Hall–Kier alpha value is -3.02. The third-order valence-corrected chi connectivity index (χ3v) is 3.17. The van der Waals surface area contributed by atoms with Gasteiger partial charge in [-0.05, 0) is 31.2 Å². The van der Waals surface area contributed by atoms with E-state index in [0.29, 0.717) is 22.9 Å². The molecule has 0 heterocycles. The predicted octanol–water partition coefficient (Wildman–Crippen LogP) is 2.59. The second-order valence-electron chi connectivity index (χ2n) is 4.84. The summed E-state index contributed by atoms with van der Waals surface area (Å²) < 4.78 is 10.3. The van der Waals surface area contributed by atoms with Gasteiger partial charge in [0, 0.05) is 11.8 Å². The summed E-state index contributed by atoms with van der Waals surface area (Å²) in [7, 11) is 2.99. The highest BCUT2D eigenvalue weighted by molar-refractivity contribution is 6.43. The average molecular weight is 314 g/mol. The smallest absolute Gasteiger partial charge is 0.314 e. The molecule has 0 unspecified atom stereocenters. The molecule has 0 saturated heterocycles. The third-order valence-electron chi connectivity index (χ3n) is 3.17. The van der Waals surface area contributed by atoms with Gasteiger partial charge in [0.2, 0.25) is 0 Å². The van der Waals surface area contributed by atoms with Crippen molar-refractivity contribution >= 4 is 23.2 Å². The highest BCUT2D eigenvalue weighted by Gasteiger charge is 2.16. The fraction of sp³-hybridized carbons (Fsp3) is 0.176. The number of amides is 2. The minimum atomic E-state index is -0.794. The van der Waals surface area contributed by atoms with Gasteiger partial charge in [0.15, 0.2) is 0 Å². The van der Waals surface area contributed by atoms with E-state index in [1.165, 1.54) is 14.2 Å². The van der Waals surface area contributed by atoms with Gasteiger partial charge in [0.25, 0.3) is 0 Å². The SMILES string of the molecule is COc1ccc(OC)c(NC(=O)C(=O)Nc2ccc(C)cc2)c1. The van der Waals surface area contributed by atoms with Gasteiger partial charge in [-0.15, -0.1) is 0 Å². The molecular formula is C17H18N2O4. The van der Waals surface area contributed by atoms with Crippen LogP contribution in [0.3, 0.4) is 0 Å². The number of carbonyl (C=O) groups excluding carboxylic acids is 2. The van der Waals surface area contributed by atoms with Gasteiger partial charge < -0.3 is 20.1 Å². The number of aryl methyl sites for hydroxylation is 1. The zero-order chi connectivity index (χ0) is 16.8. The molecule has 2 amide bonds. The molecule has 0 bridgehead atoms. The van der Waals surface area contributed by atoms with E-state index in [9.17, 15) is 9.59 Å². The van der Waals surface area contributed by atoms with Crippen molar-refractivity contribution in [1.29, 1.82) is 0 Å². The Morgan fingerprint density at radius 2 is 1.52 bits per heavy atom. The number of methoxy groups -OCH3 is 2. The molecule has 120 valence electrons. The van der Waals surface area contributed by atoms with E-state index >= 15 is 0 Å². The molecule has 2 aromatic rings. The van der Waals surface area contributed by atoms with E-state index in [1.807, 2.05) is 19.1 Å². The summed E-state index contributed by atoms with van der Waals surface area (Å²) in [5, 5.41) is 5.04. The van der Waals surface area contributed by atoms with Gasteiger partial charge in [-0.3, -0.25) is 9.59 Å². The van der Waals surface area contributed by atoms with Crippen molar-refractivity contribution in [3.8, 4) is 11.5 Å². The quantitative estimate of drug-likeness (QED) is 0.851. The minimum Gasteiger partial charge on any atom is -0.497 e. The molecular weight excluding hydrogens is 296 g/mol. The van der Waals surface area contributed by atoms with Crippen LogP contribution >= 0.6 is 0 Å². The lowest BCUT2D eigenvalue weighted by atomic mass is 10.2. The molecule has 0 aliphatic carbocycles. The largest absolute Gasteiger partial charge is 0.497 e. The van der Waals surface area contributed by atoms with E-state index in [0.717, 1.165) is 5.56 Å². The van der Waals surface area contributed by atoms with Crippen LogP contribution in [0.15, 0.2) is 42.5 Å². The van der Waals surface area contributed by atoms with Crippen LogP contribution in [0.25, 0.3) is 0 Å². The number of nitrogens with one attached hydrogen (secondary N) is 2. The van der Waals surface area contributed by atoms with Gasteiger partial charge in [-0.25, -0.2) is 0 Å². The topological polar surface area (TPSA) is 76.7 Å². The Bertz CT molecular complexity index is 711. The zero-order valence-corrected chi connectivity index (χ0v) is 13.2. The molecule has 23 heavy (non-hydrogen) atoms. The number of ether oxygens (including phenoxy) is 2. The molecule has 2 rings (SSSR count). The summed E-state index contributed by atoms with van der Waals surface area (Å²) in [6.45, 7) is 1.94. The van der Waals surface area contributed by atoms with Crippen molar-refractivity contribution < 1.29 is 19.1 Å². The highest BCUT2D eigenvalue weighted by Crippen LogP contribution is 2.28. The van der Waals surface area contributed by atoms with E-state index < -0.39 is 11.8 Å². The molecule has 0 atom stereocenters. The number of hydrogen-bond acceptors (Lipinski definition) is 4. The maximum atomic E-state index is 12.0. The standard InChI is InChI=1S/C17H18N2O4/c1-11-4-6-12(7-5-11)18-16(20)17(21)19-14-10-13(22-2)8-9-15(14)23-3/h4-10H,1-3H3,(H,18,20)(H,19,21). The predicted molar refractivity (Wildman–Crippen MR) is 88.0 cm³/mol. The lowest BCUT2D eigenvalue weighted by Crippen LogP contribution is -2.29. The first kappa shape index (κ1) is 16.4. The minimum absolute atomic E-state index is 0.357. The molecule has 0 fully saturated rings. The van der Waals surface area contributed by atoms with Gasteiger partial charge in [0.1, 0.15) is 11.5 Å². The fourth-order valence-corrected chi connectivity index (χ4v) is 1.92. The van der Waals surface area contributed by atoms with E-state index in [1.54, 1.807) is 30.3 Å². The summed E-state index contributed by atoms with van der Waals surface area (Å²) in [5.74, 6) is -0.585. The van der Waals surface area contributed by atoms with Crippen LogP contribution < -0.4 is 20.1 Å². The molecule has 0 aliphatic rings. The normalized spacial score (nSPS) is 9.87. The fourth-order valence-electron chi connectivity index (χ4n) is 1.92. The molecule has 2 aromatic carbocycles. The van der Waals surface area contributed by atoms with Crippen LogP contribution in [-0.2, 0) is 9.59 Å². The van der Waals surface area contributed by atoms with Crippen LogP contribution in [0.5, 0.6) is 11.5 Å². The van der Waals surface area contributed by atoms with Crippen molar-refractivity contribution in [2.45, 2.75) is 6.92 Å². The molecule has 0 aromatic heterocycles. The van der Waals surface area contributed by atoms with Crippen LogP contribution in [-0.4, -0.2) is 26.0 Å². The van der Waals surface area contributed by atoms with Gasteiger partial charge in [0.05, 0.1) is 19.9 Å². The van der Waals surface area contributed by atoms with Crippen molar-refractivity contribution in [3.05, 3.63) is 48.0 Å². The molecule has 0 spiro atoms. The Kier molecular flexibility index (Phi) is 5.19. The number of anilines is 2. The molecule has 0 aliphatic heterocycles. The van der Waals surface area contributed by atoms with Gasteiger partial charge in [-0.1, -0.05) is 17.7 Å². The molecule has 0 radical (unpaired) electrons. The first-order chi connectivity index (χ1) is 11.0. The van der Waals surface area contributed by atoms with Gasteiger partial charge in [-0.2, -0.15) is 0 Å². The van der Waals surface area contributed by atoms with Crippen molar-refractivity contribution in [2.75, 3.05) is 24.9 Å². The summed E-state index contributed by atoms with van der Waals surface area (Å²) in [4.78, 5) is 24.0. The number of carbonyl (C=O) groups is 2. The number of rotatable bonds is 4. The summed E-state index contributed by atoms with van der Waals surface area (Å²) in [6, 6.07) is 12.1. The van der Waals surface area contributed by atoms with Crippen molar-refractivity contribution in [3.63, 3.8) is 0 Å². The van der Waals surface area contributed by atoms with Gasteiger partial charge >= 0.3 is 11.8 Å². The number of benzene rings is 2. The second-order valence-corrected chi connectivity index (χ2v) is 4.84. The lowest BCUT2D eigenvalue weighted by Gasteiger charge is -2.11. The first-order valence-electron chi connectivity index (χ1n) is 6.94. The zero-order valence-electron chi connectivity index (χ0n) is 13.2. The first-order valence-corrected chi connectivity index (χ1v) is 6.94. The molecule has 6 nitrogen and oxygen atoms in total. The third kappa shape index (κ3) is 4.23. The van der Waals surface area contributed by atoms with Crippen LogP contribution in [0.2, 0.25) is 0 Å². The van der Waals surface area contributed by atoms with Crippen LogP contribution in [0, 0.1) is 6.92 Å². The Morgan fingerprint density at radius 3 is 2.13 bits per heavy atom. The Morgan fingerprint density at radius 1 is 0.870 bits per heavy atom. The van der Waals surface area contributed by atoms with Crippen molar-refractivity contribution in [2.24, 2.45) is 0 Å². The summed E-state index contributed by atoms with van der Waals surface area (Å²) >= 11 is 0. The lowest BCUT2D eigenvalue weighted by molar-refractivity contribution is -0.133. The summed E-state index contributed by atoms with van der Waals surface area (Å²) in [5.41, 5.74) is 1.97. The van der Waals surface area contributed by atoms with Crippen LogP contribution in [0.4, 0.5) is 11.4 Å². The van der Waals surface area contributed by atoms with Crippen molar-refractivity contribution in [1.82, 2.24) is 0 Å². The molecule has 2 N–H and O–H groups in total. The Labute approximate surface area is 134 Å². The van der Waals surface area contributed by atoms with E-state index in [4.69, 9.17) is 9.47 Å². The second kappa shape index (κ2) is 7.31. The summed E-state index contributed by atoms with van der Waals surface area (Å²) in [6.07, 6.45) is 0. The molecule has 0 saturated carbocycles. The molecule has 6 heteroatoms. The average Bonchev–Trinajstić information content (AvgIpc) is 2.56. The maximum Gasteiger partial charge on any atom is 0.314 e.